The third-order valence-corrected chi connectivity index (χ3v) is 6.26. The number of hydrogen-bond acceptors (Lipinski definition) is 7. The van der Waals surface area contributed by atoms with Gasteiger partial charge in [-0.3, -0.25) is 4.90 Å². The monoisotopic (exact) mass is 384 g/mol. The molecule has 0 aromatic carbocycles. The maximum atomic E-state index is 10.9. The van der Waals surface area contributed by atoms with Crippen LogP contribution in [0, 0.1) is 5.92 Å². The number of likely N-dealkylation sites (tertiary alicyclic amines) is 1. The van der Waals surface area contributed by atoms with E-state index in [4.69, 9.17) is 8.83 Å². The Labute approximate surface area is 159 Å². The lowest BCUT2D eigenvalue weighted by Gasteiger charge is -2.35. The predicted octanol–water partition coefficient (Wildman–Crippen LogP) is 4.17. The topological polar surface area (TPSA) is 79.9 Å². The van der Waals surface area contributed by atoms with E-state index in [1.165, 1.54) is 15.9 Å². The van der Waals surface area contributed by atoms with Crippen molar-refractivity contribution >= 4 is 16.3 Å². The smallest absolute Gasteiger partial charge is 0.230 e. The predicted molar refractivity (Wildman–Crippen MR) is 101 cm³/mol. The Bertz CT molecular complexity index is 1030. The Morgan fingerprint density at radius 3 is 2.63 bits per heavy atom. The van der Waals surface area contributed by atoms with Gasteiger partial charge in [-0.25, -0.2) is 0 Å². The van der Waals surface area contributed by atoms with Gasteiger partial charge < -0.3 is 13.9 Å². The van der Waals surface area contributed by atoms with Crippen molar-refractivity contribution in [2.75, 3.05) is 13.1 Å². The van der Waals surface area contributed by atoms with E-state index in [0.29, 0.717) is 16.5 Å². The molecule has 0 unspecified atom stereocenters. The van der Waals surface area contributed by atoms with E-state index in [0.717, 1.165) is 42.5 Å². The lowest BCUT2D eigenvalue weighted by Crippen LogP contribution is -2.36. The molecule has 5 heterocycles. The molecule has 1 fully saturated rings. The van der Waals surface area contributed by atoms with Crippen molar-refractivity contribution in [2.24, 2.45) is 5.92 Å². The number of nitrogens with zero attached hydrogens (tertiary/aromatic N) is 4. The summed E-state index contributed by atoms with van der Waals surface area (Å²) in [5.74, 6) is 2.72. The zero-order valence-electron chi connectivity index (χ0n) is 14.9. The molecule has 4 aromatic rings. The number of aromatic nitrogens is 3. The Hall–Kier alpha value is -2.58. The SMILES string of the molecule is CC1CCN([C@@H](c2ccco2)c2sc3nc(-c4ccco4)nn3c2O)CC1. The number of piperidine rings is 1. The molecular weight excluding hydrogens is 364 g/mol. The molecule has 0 aliphatic carbocycles. The Kier molecular flexibility index (Phi) is 4.02. The van der Waals surface area contributed by atoms with Crippen molar-refractivity contribution in [2.45, 2.75) is 25.8 Å². The van der Waals surface area contributed by atoms with Gasteiger partial charge in [-0.05, 0) is 56.1 Å². The van der Waals surface area contributed by atoms with Crippen LogP contribution in [0.25, 0.3) is 16.5 Å². The van der Waals surface area contributed by atoms with E-state index in [-0.39, 0.29) is 11.9 Å². The molecule has 5 rings (SSSR count). The van der Waals surface area contributed by atoms with E-state index < -0.39 is 0 Å². The van der Waals surface area contributed by atoms with E-state index in [2.05, 4.69) is 21.9 Å². The summed E-state index contributed by atoms with van der Waals surface area (Å²) in [7, 11) is 0. The van der Waals surface area contributed by atoms with E-state index in [9.17, 15) is 5.11 Å². The lowest BCUT2D eigenvalue weighted by molar-refractivity contribution is 0.144. The molecule has 4 aromatic heterocycles. The summed E-state index contributed by atoms with van der Waals surface area (Å²) in [6.45, 7) is 4.23. The first kappa shape index (κ1) is 16.6. The molecule has 0 saturated carbocycles. The first-order valence-electron chi connectivity index (χ1n) is 9.10. The molecule has 0 radical (unpaired) electrons. The minimum absolute atomic E-state index is 0.111. The highest BCUT2D eigenvalue weighted by atomic mass is 32.1. The van der Waals surface area contributed by atoms with Crippen LogP contribution in [0.5, 0.6) is 5.88 Å². The van der Waals surface area contributed by atoms with Gasteiger partial charge in [-0.15, -0.1) is 5.10 Å². The summed E-state index contributed by atoms with van der Waals surface area (Å²) in [6, 6.07) is 7.32. The molecule has 0 amide bonds. The van der Waals surface area contributed by atoms with Crippen molar-refractivity contribution < 1.29 is 13.9 Å². The van der Waals surface area contributed by atoms with Gasteiger partial charge in [0.15, 0.2) is 5.76 Å². The molecule has 140 valence electrons. The van der Waals surface area contributed by atoms with Crippen molar-refractivity contribution in [3.63, 3.8) is 0 Å². The summed E-state index contributed by atoms with van der Waals surface area (Å²) < 4.78 is 12.6. The number of rotatable bonds is 4. The Balaban J connectivity index is 1.56. The van der Waals surface area contributed by atoms with Crippen molar-refractivity contribution in [3.8, 4) is 17.5 Å². The number of aromatic hydroxyl groups is 1. The first-order valence-corrected chi connectivity index (χ1v) is 9.92. The maximum absolute atomic E-state index is 10.9. The quantitative estimate of drug-likeness (QED) is 0.569. The van der Waals surface area contributed by atoms with Crippen LogP contribution in [0.1, 0.15) is 36.4 Å². The van der Waals surface area contributed by atoms with E-state index >= 15 is 0 Å². The fourth-order valence-electron chi connectivity index (χ4n) is 3.65. The minimum atomic E-state index is -0.131. The van der Waals surface area contributed by atoms with Crippen LogP contribution in [-0.4, -0.2) is 37.7 Å². The zero-order chi connectivity index (χ0) is 18.4. The zero-order valence-corrected chi connectivity index (χ0v) is 15.7. The summed E-state index contributed by atoms with van der Waals surface area (Å²) in [4.78, 5) is 8.34. The van der Waals surface area contributed by atoms with Gasteiger partial charge in [0, 0.05) is 0 Å². The molecule has 1 saturated heterocycles. The van der Waals surface area contributed by atoms with Gasteiger partial charge in [0.1, 0.15) is 11.8 Å². The molecular formula is C19H20N4O3S. The largest absolute Gasteiger partial charge is 0.492 e. The average molecular weight is 384 g/mol. The van der Waals surface area contributed by atoms with Gasteiger partial charge in [0.05, 0.1) is 17.4 Å². The highest BCUT2D eigenvalue weighted by Crippen LogP contribution is 2.41. The minimum Gasteiger partial charge on any atom is -0.492 e. The molecule has 7 nitrogen and oxygen atoms in total. The van der Waals surface area contributed by atoms with Crippen molar-refractivity contribution in [3.05, 3.63) is 47.4 Å². The number of furan rings is 2. The summed E-state index contributed by atoms with van der Waals surface area (Å²) >= 11 is 1.44. The van der Waals surface area contributed by atoms with Gasteiger partial charge >= 0.3 is 0 Å². The molecule has 0 bridgehead atoms. The van der Waals surface area contributed by atoms with Gasteiger partial charge in [0.25, 0.3) is 0 Å². The summed E-state index contributed by atoms with van der Waals surface area (Å²) in [6.07, 6.45) is 5.54. The number of hydrogen-bond donors (Lipinski definition) is 1. The number of fused-ring (bicyclic) bond motifs is 1. The Morgan fingerprint density at radius 1 is 1.19 bits per heavy atom. The van der Waals surface area contributed by atoms with Crippen molar-refractivity contribution in [1.29, 1.82) is 0 Å². The second-order valence-corrected chi connectivity index (χ2v) is 8.04. The van der Waals surface area contributed by atoms with Crippen LogP contribution in [0.2, 0.25) is 0 Å². The first-order chi connectivity index (χ1) is 13.2. The lowest BCUT2D eigenvalue weighted by atomic mass is 9.97. The van der Waals surface area contributed by atoms with Crippen LogP contribution < -0.4 is 0 Å². The van der Waals surface area contributed by atoms with Crippen LogP contribution in [0.15, 0.2) is 45.6 Å². The molecule has 8 heteroatoms. The molecule has 27 heavy (non-hydrogen) atoms. The maximum Gasteiger partial charge on any atom is 0.230 e. The van der Waals surface area contributed by atoms with Crippen LogP contribution in [0.3, 0.4) is 0 Å². The van der Waals surface area contributed by atoms with Crippen LogP contribution >= 0.6 is 11.3 Å². The molecule has 0 spiro atoms. The average Bonchev–Trinajstić information content (AvgIpc) is 3.44. The highest BCUT2D eigenvalue weighted by Gasteiger charge is 2.33. The molecule has 1 N–H and O–H groups in total. The summed E-state index contributed by atoms with van der Waals surface area (Å²) in [5.41, 5.74) is 0. The Morgan fingerprint density at radius 2 is 1.96 bits per heavy atom. The molecule has 1 aliphatic heterocycles. The van der Waals surface area contributed by atoms with Crippen LogP contribution in [-0.2, 0) is 0 Å². The standard InChI is InChI=1S/C19H20N4O3S/c1-12-6-8-22(9-7-12)15(13-4-2-10-25-13)16-18(24)23-19(27-16)20-17(21-23)14-5-3-11-26-14/h2-5,10-12,15,24H,6-9H2,1H3/t15-/m0/s1. The third-order valence-electron chi connectivity index (χ3n) is 5.19. The second kappa shape index (κ2) is 6.54. The summed E-state index contributed by atoms with van der Waals surface area (Å²) in [5, 5.41) is 15.3. The second-order valence-electron chi connectivity index (χ2n) is 7.03. The van der Waals surface area contributed by atoms with E-state index in [1.54, 1.807) is 24.7 Å². The fraction of sp³-hybridized carbons (Fsp3) is 0.368. The van der Waals surface area contributed by atoms with Gasteiger partial charge in [0.2, 0.25) is 16.7 Å². The normalized spacial score (nSPS) is 17.7. The fourth-order valence-corrected chi connectivity index (χ4v) is 4.74. The molecule has 1 aliphatic rings. The van der Waals surface area contributed by atoms with E-state index in [1.807, 2.05) is 12.1 Å². The third kappa shape index (κ3) is 2.85. The highest BCUT2D eigenvalue weighted by molar-refractivity contribution is 7.17. The van der Waals surface area contributed by atoms with Crippen molar-refractivity contribution in [1.82, 2.24) is 19.5 Å². The molecule has 1 atom stereocenters. The van der Waals surface area contributed by atoms with Gasteiger partial charge in [-0.2, -0.15) is 9.50 Å². The van der Waals surface area contributed by atoms with Crippen LogP contribution in [0.4, 0.5) is 0 Å². The van der Waals surface area contributed by atoms with Gasteiger partial charge in [-0.1, -0.05) is 18.3 Å². The number of thiazole rings is 1.